The number of hydrogen-bond donors (Lipinski definition) is 1. The van der Waals surface area contributed by atoms with Crippen molar-refractivity contribution in [1.82, 2.24) is 0 Å². The number of nitro benzene ring substituents is 1. The van der Waals surface area contributed by atoms with Crippen molar-refractivity contribution in [3.63, 3.8) is 0 Å². The zero-order valence-electron chi connectivity index (χ0n) is 13.3. The monoisotopic (exact) mass is 398 g/mol. The number of non-ortho nitro benzene ring substituents is 1. The first-order valence-corrected chi connectivity index (χ1v) is 8.66. The largest absolute Gasteiger partial charge is 0.452 e. The van der Waals surface area contributed by atoms with Crippen molar-refractivity contribution in [3.8, 4) is 0 Å². The van der Waals surface area contributed by atoms with Gasteiger partial charge in [0.2, 0.25) is 0 Å². The SMILES string of the molecule is CSc1ccc(Cl)c(C(=O)OCC(=O)Nc2cc([N+](=O)[O-])ccc2F)c1. The number of ether oxygens (including phenoxy) is 1. The fourth-order valence-corrected chi connectivity index (χ4v) is 2.54. The molecule has 0 unspecified atom stereocenters. The third-order valence-corrected chi connectivity index (χ3v) is 4.22. The molecule has 0 fully saturated rings. The molecule has 0 radical (unpaired) electrons. The summed E-state index contributed by atoms with van der Waals surface area (Å²) in [4.78, 5) is 34.6. The minimum absolute atomic E-state index is 0.0906. The van der Waals surface area contributed by atoms with Crippen LogP contribution in [0, 0.1) is 15.9 Å². The molecule has 1 amide bonds. The molecule has 2 aromatic rings. The van der Waals surface area contributed by atoms with Crippen molar-refractivity contribution < 1.29 is 23.6 Å². The molecular weight excluding hydrogens is 387 g/mol. The smallest absolute Gasteiger partial charge is 0.340 e. The molecule has 1 N–H and O–H groups in total. The minimum Gasteiger partial charge on any atom is -0.452 e. The van der Waals surface area contributed by atoms with Gasteiger partial charge < -0.3 is 10.1 Å². The third kappa shape index (κ3) is 4.93. The molecule has 0 atom stereocenters. The van der Waals surface area contributed by atoms with Crippen molar-refractivity contribution in [2.24, 2.45) is 0 Å². The zero-order chi connectivity index (χ0) is 19.3. The van der Waals surface area contributed by atoms with Gasteiger partial charge in [0.15, 0.2) is 6.61 Å². The fourth-order valence-electron chi connectivity index (χ4n) is 1.91. The Labute approximate surface area is 156 Å². The summed E-state index contributed by atoms with van der Waals surface area (Å²) in [5, 5.41) is 13.0. The number of benzene rings is 2. The highest BCUT2D eigenvalue weighted by Gasteiger charge is 2.17. The van der Waals surface area contributed by atoms with Crippen LogP contribution in [0.15, 0.2) is 41.3 Å². The van der Waals surface area contributed by atoms with E-state index >= 15 is 0 Å². The summed E-state index contributed by atoms with van der Waals surface area (Å²) in [6, 6.07) is 7.46. The van der Waals surface area contributed by atoms with Gasteiger partial charge in [-0.05, 0) is 30.5 Å². The van der Waals surface area contributed by atoms with Crippen molar-refractivity contribution in [2.75, 3.05) is 18.2 Å². The summed E-state index contributed by atoms with van der Waals surface area (Å²) in [5.41, 5.74) is -0.685. The van der Waals surface area contributed by atoms with Crippen LogP contribution in [0.3, 0.4) is 0 Å². The summed E-state index contributed by atoms with van der Waals surface area (Å²) >= 11 is 7.33. The van der Waals surface area contributed by atoms with E-state index in [0.717, 1.165) is 23.1 Å². The highest BCUT2D eigenvalue weighted by Crippen LogP contribution is 2.24. The molecule has 0 bridgehead atoms. The van der Waals surface area contributed by atoms with Crippen LogP contribution in [-0.4, -0.2) is 29.7 Å². The van der Waals surface area contributed by atoms with E-state index < -0.39 is 29.2 Å². The van der Waals surface area contributed by atoms with E-state index in [4.69, 9.17) is 16.3 Å². The van der Waals surface area contributed by atoms with Crippen molar-refractivity contribution in [3.05, 3.63) is 62.9 Å². The van der Waals surface area contributed by atoms with Gasteiger partial charge in [-0.3, -0.25) is 14.9 Å². The molecule has 7 nitrogen and oxygen atoms in total. The molecule has 0 saturated heterocycles. The molecule has 2 aromatic carbocycles. The van der Waals surface area contributed by atoms with Crippen molar-refractivity contribution >= 4 is 46.6 Å². The van der Waals surface area contributed by atoms with Crippen LogP contribution >= 0.6 is 23.4 Å². The first kappa shape index (κ1) is 19.7. The number of nitro groups is 1. The summed E-state index contributed by atoms with van der Waals surface area (Å²) in [6.45, 7) is -0.708. The molecule has 0 aliphatic heterocycles. The Morgan fingerprint density at radius 3 is 2.69 bits per heavy atom. The Morgan fingerprint density at radius 2 is 2.04 bits per heavy atom. The molecule has 2 rings (SSSR count). The van der Waals surface area contributed by atoms with Crippen molar-refractivity contribution in [1.29, 1.82) is 0 Å². The van der Waals surface area contributed by atoms with E-state index in [9.17, 15) is 24.1 Å². The quantitative estimate of drug-likeness (QED) is 0.343. The highest BCUT2D eigenvalue weighted by atomic mass is 35.5. The summed E-state index contributed by atoms with van der Waals surface area (Å²) in [7, 11) is 0. The molecule has 0 spiro atoms. The van der Waals surface area contributed by atoms with Gasteiger partial charge in [0.1, 0.15) is 5.82 Å². The first-order chi connectivity index (χ1) is 12.3. The second kappa shape index (κ2) is 8.63. The lowest BCUT2D eigenvalue weighted by Gasteiger charge is -2.09. The van der Waals surface area contributed by atoms with E-state index in [1.807, 2.05) is 6.26 Å². The maximum absolute atomic E-state index is 13.6. The van der Waals surface area contributed by atoms with Crippen LogP contribution < -0.4 is 5.32 Å². The average Bonchev–Trinajstić information content (AvgIpc) is 2.61. The first-order valence-electron chi connectivity index (χ1n) is 7.06. The van der Waals surface area contributed by atoms with E-state index in [0.29, 0.717) is 0 Å². The van der Waals surface area contributed by atoms with Crippen molar-refractivity contribution in [2.45, 2.75) is 4.90 Å². The maximum Gasteiger partial charge on any atom is 0.340 e. The lowest BCUT2D eigenvalue weighted by Crippen LogP contribution is -2.21. The van der Waals surface area contributed by atoms with Crippen LogP contribution in [0.25, 0.3) is 0 Å². The number of anilines is 1. The molecule has 0 heterocycles. The number of rotatable bonds is 6. The number of nitrogens with zero attached hydrogens (tertiary/aromatic N) is 1. The van der Waals surface area contributed by atoms with Gasteiger partial charge in [-0.15, -0.1) is 11.8 Å². The summed E-state index contributed by atoms with van der Waals surface area (Å²) < 4.78 is 18.5. The predicted molar refractivity (Wildman–Crippen MR) is 95.2 cm³/mol. The molecule has 10 heteroatoms. The van der Waals surface area contributed by atoms with E-state index in [2.05, 4.69) is 5.32 Å². The number of esters is 1. The Bertz CT molecular complexity index is 878. The topological polar surface area (TPSA) is 98.5 Å². The van der Waals surface area contributed by atoms with Crippen LogP contribution in [0.4, 0.5) is 15.8 Å². The van der Waals surface area contributed by atoms with Crippen LogP contribution in [-0.2, 0) is 9.53 Å². The van der Waals surface area contributed by atoms with Gasteiger partial charge in [-0.1, -0.05) is 11.6 Å². The summed E-state index contributed by atoms with van der Waals surface area (Å²) in [5.74, 6) is -2.53. The number of carbonyl (C=O) groups is 2. The Morgan fingerprint density at radius 1 is 1.31 bits per heavy atom. The highest BCUT2D eigenvalue weighted by molar-refractivity contribution is 7.98. The van der Waals surface area contributed by atoms with Crippen LogP contribution in [0.1, 0.15) is 10.4 Å². The van der Waals surface area contributed by atoms with E-state index in [-0.39, 0.29) is 22.0 Å². The molecule has 0 saturated carbocycles. The minimum atomic E-state index is -0.856. The van der Waals surface area contributed by atoms with Gasteiger partial charge in [0.25, 0.3) is 11.6 Å². The summed E-state index contributed by atoms with van der Waals surface area (Å²) in [6.07, 6.45) is 1.82. The van der Waals surface area contributed by atoms with Gasteiger partial charge in [-0.2, -0.15) is 0 Å². The molecular formula is C16H12ClFN2O5S. The second-order valence-electron chi connectivity index (χ2n) is 4.89. The Balaban J connectivity index is 2.02. The molecule has 0 aromatic heterocycles. The fraction of sp³-hybridized carbons (Fsp3) is 0.125. The number of nitrogens with one attached hydrogen (secondary N) is 1. The number of amides is 1. The van der Waals surface area contributed by atoms with Gasteiger partial charge in [0.05, 0.1) is 21.2 Å². The Hall–Kier alpha value is -2.65. The number of thioether (sulfide) groups is 1. The van der Waals surface area contributed by atoms with Gasteiger partial charge >= 0.3 is 5.97 Å². The lowest BCUT2D eigenvalue weighted by atomic mass is 10.2. The molecule has 0 aliphatic carbocycles. The normalized spacial score (nSPS) is 10.3. The lowest BCUT2D eigenvalue weighted by molar-refractivity contribution is -0.384. The molecule has 26 heavy (non-hydrogen) atoms. The average molecular weight is 399 g/mol. The third-order valence-electron chi connectivity index (χ3n) is 3.16. The number of halogens is 2. The zero-order valence-corrected chi connectivity index (χ0v) is 14.9. The van der Waals surface area contributed by atoms with Gasteiger partial charge in [0, 0.05) is 17.0 Å². The Kier molecular flexibility index (Phi) is 6.53. The second-order valence-corrected chi connectivity index (χ2v) is 6.18. The van der Waals surface area contributed by atoms with Crippen LogP contribution in [0.5, 0.6) is 0 Å². The molecule has 136 valence electrons. The maximum atomic E-state index is 13.6. The van der Waals surface area contributed by atoms with E-state index in [1.54, 1.807) is 6.07 Å². The predicted octanol–water partition coefficient (Wildman–Crippen LogP) is 3.90. The number of hydrogen-bond acceptors (Lipinski definition) is 6. The molecule has 0 aliphatic rings. The standard InChI is InChI=1S/C16H12ClFN2O5S/c1-26-10-3-4-12(17)11(7-10)16(22)25-8-15(21)19-14-6-9(20(23)24)2-5-13(14)18/h2-7H,8H2,1H3,(H,19,21). The van der Waals surface area contributed by atoms with E-state index in [1.165, 1.54) is 23.9 Å². The van der Waals surface area contributed by atoms with Gasteiger partial charge in [-0.25, -0.2) is 9.18 Å². The number of carbonyl (C=O) groups excluding carboxylic acids is 2. The van der Waals surface area contributed by atoms with Crippen LogP contribution in [0.2, 0.25) is 5.02 Å².